The molecule has 2 heterocycles. The number of methoxy groups -OCH3 is 1. The fourth-order valence-corrected chi connectivity index (χ4v) is 3.93. The number of nitrogens with one attached hydrogen (secondary N) is 2. The van der Waals surface area contributed by atoms with E-state index in [4.69, 9.17) is 4.74 Å². The third kappa shape index (κ3) is 5.65. The maximum absolute atomic E-state index is 14.8. The summed E-state index contributed by atoms with van der Waals surface area (Å²) in [5.74, 6) is -4.64. The summed E-state index contributed by atoms with van der Waals surface area (Å²) in [5.41, 5.74) is 1.46. The maximum Gasteiger partial charge on any atom is 0.342 e. The molecule has 0 radical (unpaired) electrons. The van der Waals surface area contributed by atoms with Gasteiger partial charge in [-0.25, -0.2) is 4.98 Å². The van der Waals surface area contributed by atoms with Crippen molar-refractivity contribution in [1.82, 2.24) is 20.2 Å². The highest BCUT2D eigenvalue weighted by Gasteiger charge is 2.47. The Morgan fingerprint density at radius 3 is 2.61 bits per heavy atom. The second kappa shape index (κ2) is 11.0. The first-order chi connectivity index (χ1) is 18.1. The van der Waals surface area contributed by atoms with Gasteiger partial charge in [0.2, 0.25) is 5.95 Å². The number of anilines is 5. The van der Waals surface area contributed by atoms with E-state index in [1.165, 1.54) is 25.3 Å². The first-order valence-corrected chi connectivity index (χ1v) is 11.8. The lowest BCUT2D eigenvalue weighted by Crippen LogP contribution is -2.45. The van der Waals surface area contributed by atoms with E-state index in [-0.39, 0.29) is 23.4 Å². The molecule has 12 heteroatoms. The van der Waals surface area contributed by atoms with Gasteiger partial charge in [-0.2, -0.15) is 13.8 Å². The molecule has 0 atom stereocenters. The lowest BCUT2D eigenvalue weighted by molar-refractivity contribution is -0.140. The monoisotopic (exact) mass is 525 g/mol. The van der Waals surface area contributed by atoms with Crippen LogP contribution in [0.1, 0.15) is 10.4 Å². The van der Waals surface area contributed by atoms with E-state index in [1.54, 1.807) is 48.5 Å². The van der Waals surface area contributed by atoms with Gasteiger partial charge in [0.1, 0.15) is 11.4 Å². The minimum Gasteiger partial charge on any atom is -0.495 e. The van der Waals surface area contributed by atoms with E-state index in [0.717, 1.165) is 4.90 Å². The minimum atomic E-state index is -3.65. The Labute approximate surface area is 219 Å². The van der Waals surface area contributed by atoms with Crippen LogP contribution in [0.15, 0.2) is 54.7 Å². The fourth-order valence-electron chi connectivity index (χ4n) is 3.93. The number of fused-ring (bicyclic) bond motifs is 1. The number of alkyl halides is 2. The van der Waals surface area contributed by atoms with Crippen LogP contribution in [0, 0.1) is 0 Å². The number of rotatable bonds is 8. The molecule has 0 saturated heterocycles. The summed E-state index contributed by atoms with van der Waals surface area (Å²) in [6, 6.07) is 13.4. The molecule has 38 heavy (non-hydrogen) atoms. The quantitative estimate of drug-likeness (QED) is 0.462. The van der Waals surface area contributed by atoms with Gasteiger partial charge in [0.15, 0.2) is 5.82 Å². The first-order valence-electron chi connectivity index (χ1n) is 11.8. The number of amides is 2. The summed E-state index contributed by atoms with van der Waals surface area (Å²) < 4.78 is 35.1. The molecule has 2 amide bonds. The first kappa shape index (κ1) is 26.7. The molecule has 0 saturated carbocycles. The number of aromatic nitrogens is 2. The Kier molecular flexibility index (Phi) is 7.72. The van der Waals surface area contributed by atoms with Crippen molar-refractivity contribution in [3.8, 4) is 5.75 Å². The molecular formula is C26H29F2N7O3. The number of carbonyl (C=O) groups is 2. The van der Waals surface area contributed by atoms with Crippen molar-refractivity contribution < 1.29 is 23.1 Å². The van der Waals surface area contributed by atoms with E-state index < -0.39 is 18.4 Å². The molecule has 10 nitrogen and oxygen atoms in total. The molecule has 0 spiro atoms. The van der Waals surface area contributed by atoms with Crippen LogP contribution in [-0.4, -0.2) is 80.5 Å². The summed E-state index contributed by atoms with van der Waals surface area (Å²) in [6.45, 7) is 0.306. The average molecular weight is 526 g/mol. The molecule has 2 N–H and O–H groups in total. The highest BCUT2D eigenvalue weighted by Crippen LogP contribution is 2.40. The number of ether oxygens (including phenoxy) is 1. The molecule has 2 aromatic carbocycles. The van der Waals surface area contributed by atoms with Crippen LogP contribution < -0.4 is 25.2 Å². The third-order valence-electron chi connectivity index (χ3n) is 5.96. The Bertz CT molecular complexity index is 1320. The molecule has 0 bridgehead atoms. The molecule has 0 aliphatic carbocycles. The van der Waals surface area contributed by atoms with Crippen LogP contribution in [0.2, 0.25) is 0 Å². The third-order valence-corrected chi connectivity index (χ3v) is 5.96. The molecule has 0 unspecified atom stereocenters. The average Bonchev–Trinajstić information content (AvgIpc) is 2.97. The van der Waals surface area contributed by atoms with Gasteiger partial charge in [0, 0.05) is 31.4 Å². The number of hydrogen-bond acceptors (Lipinski definition) is 8. The smallest absolute Gasteiger partial charge is 0.342 e. The molecule has 4 rings (SSSR count). The summed E-state index contributed by atoms with van der Waals surface area (Å²) in [4.78, 5) is 37.9. The van der Waals surface area contributed by atoms with Gasteiger partial charge in [0.05, 0.1) is 25.5 Å². The number of halogens is 2. The van der Waals surface area contributed by atoms with Crippen LogP contribution >= 0.6 is 0 Å². The zero-order chi connectivity index (χ0) is 27.4. The van der Waals surface area contributed by atoms with Crippen LogP contribution in [-0.2, 0) is 4.79 Å². The van der Waals surface area contributed by atoms with Crippen LogP contribution in [0.25, 0.3) is 0 Å². The van der Waals surface area contributed by atoms with E-state index in [2.05, 4.69) is 20.6 Å². The highest BCUT2D eigenvalue weighted by molar-refractivity contribution is 6.02. The molecule has 1 aliphatic heterocycles. The Balaban J connectivity index is 1.66. The van der Waals surface area contributed by atoms with Gasteiger partial charge in [-0.1, -0.05) is 18.2 Å². The van der Waals surface area contributed by atoms with Gasteiger partial charge in [0.25, 0.3) is 11.8 Å². The van der Waals surface area contributed by atoms with E-state index in [9.17, 15) is 18.4 Å². The fraction of sp³-hybridized carbons (Fsp3) is 0.308. The topological polar surface area (TPSA) is 103 Å². The number of carbonyl (C=O) groups excluding carboxylic acids is 2. The van der Waals surface area contributed by atoms with Gasteiger partial charge in [-0.15, -0.1) is 0 Å². The summed E-state index contributed by atoms with van der Waals surface area (Å²) in [7, 11) is 6.57. The lowest BCUT2D eigenvalue weighted by Gasteiger charge is -2.25. The predicted octanol–water partition coefficient (Wildman–Crippen LogP) is 3.27. The maximum atomic E-state index is 14.8. The SMILES string of the molecule is COc1cc(C(=O)NCCN(C)C)ccc1Nc1ncc2c(n1)N(c1ccccc1)CC(F)(F)C(=O)N2C. The number of benzene rings is 2. The summed E-state index contributed by atoms with van der Waals surface area (Å²) in [5, 5.41) is 5.88. The van der Waals surface area contributed by atoms with Crippen molar-refractivity contribution in [2.45, 2.75) is 5.92 Å². The van der Waals surface area contributed by atoms with E-state index >= 15 is 0 Å². The molecule has 3 aromatic rings. The minimum absolute atomic E-state index is 0.0947. The number of likely N-dealkylation sites (N-methyl/N-ethyl adjacent to an activating group) is 1. The lowest BCUT2D eigenvalue weighted by atomic mass is 10.1. The Morgan fingerprint density at radius 2 is 1.92 bits per heavy atom. The van der Waals surface area contributed by atoms with E-state index in [0.29, 0.717) is 35.8 Å². The normalized spacial score (nSPS) is 14.7. The second-order valence-corrected chi connectivity index (χ2v) is 8.99. The molecular weight excluding hydrogens is 496 g/mol. The summed E-state index contributed by atoms with van der Waals surface area (Å²) in [6.07, 6.45) is 1.32. The van der Waals surface area contributed by atoms with Crippen LogP contribution in [0.5, 0.6) is 5.75 Å². The number of para-hydroxylation sites is 1. The van der Waals surface area contributed by atoms with Crippen LogP contribution in [0.4, 0.5) is 37.6 Å². The zero-order valence-electron chi connectivity index (χ0n) is 21.5. The van der Waals surface area contributed by atoms with Crippen molar-refractivity contribution in [3.05, 3.63) is 60.3 Å². The van der Waals surface area contributed by atoms with Gasteiger partial charge >= 0.3 is 5.92 Å². The second-order valence-electron chi connectivity index (χ2n) is 8.99. The Hall–Kier alpha value is -4.32. The summed E-state index contributed by atoms with van der Waals surface area (Å²) >= 11 is 0. The van der Waals surface area contributed by atoms with Gasteiger partial charge in [-0.05, 0) is 44.4 Å². The van der Waals surface area contributed by atoms with Crippen molar-refractivity contribution in [3.63, 3.8) is 0 Å². The van der Waals surface area contributed by atoms with Crippen molar-refractivity contribution >= 4 is 40.6 Å². The molecule has 0 fully saturated rings. The van der Waals surface area contributed by atoms with Crippen LogP contribution in [0.3, 0.4) is 0 Å². The standard InChI is InChI=1S/C26H29F2N7O3/c1-33(2)13-12-29-23(36)17-10-11-19(21(14-17)38-4)31-25-30-15-20-22(32-25)35(18-8-6-5-7-9-18)16-26(27,28)24(37)34(20)3/h5-11,14-15H,12-13,16H2,1-4H3,(H,29,36)(H,30,31,32). The number of nitrogens with zero attached hydrogens (tertiary/aromatic N) is 5. The van der Waals surface area contributed by atoms with Crippen molar-refractivity contribution in [2.24, 2.45) is 0 Å². The van der Waals surface area contributed by atoms with Gasteiger partial charge < -0.3 is 30.1 Å². The van der Waals surface area contributed by atoms with E-state index in [1.807, 2.05) is 19.0 Å². The molecule has 1 aromatic heterocycles. The number of hydrogen-bond donors (Lipinski definition) is 2. The highest BCUT2D eigenvalue weighted by atomic mass is 19.3. The zero-order valence-corrected chi connectivity index (χ0v) is 21.5. The molecule has 1 aliphatic rings. The van der Waals surface area contributed by atoms with Crippen molar-refractivity contribution in [2.75, 3.05) is 63.0 Å². The van der Waals surface area contributed by atoms with Crippen molar-refractivity contribution in [1.29, 1.82) is 0 Å². The largest absolute Gasteiger partial charge is 0.495 e. The van der Waals surface area contributed by atoms with Gasteiger partial charge in [-0.3, -0.25) is 9.59 Å². The Morgan fingerprint density at radius 1 is 1.18 bits per heavy atom. The predicted molar refractivity (Wildman–Crippen MR) is 141 cm³/mol. The molecule has 200 valence electrons.